The number of benzene rings is 1. The monoisotopic (exact) mass is 268 g/mol. The van der Waals surface area contributed by atoms with Gasteiger partial charge in [-0.05, 0) is 25.1 Å². The molecule has 15 heavy (non-hydrogen) atoms. The topological polar surface area (TPSA) is 41.1 Å². The number of hydrogen-bond donors (Lipinski definition) is 2. The molecule has 0 saturated heterocycles. The van der Waals surface area contributed by atoms with Crippen LogP contribution in [0, 0.1) is 5.92 Å². The van der Waals surface area contributed by atoms with Crippen LogP contribution >= 0.6 is 15.9 Å². The third kappa shape index (κ3) is 2.00. The van der Waals surface area contributed by atoms with E-state index in [0.717, 1.165) is 15.8 Å². The van der Waals surface area contributed by atoms with Gasteiger partial charge >= 0.3 is 0 Å². The van der Waals surface area contributed by atoms with Crippen LogP contribution in [0.25, 0.3) is 0 Å². The van der Waals surface area contributed by atoms with Gasteiger partial charge in [0.05, 0.1) is 17.3 Å². The van der Waals surface area contributed by atoms with E-state index in [4.69, 9.17) is 0 Å². The number of amides is 1. The summed E-state index contributed by atoms with van der Waals surface area (Å²) in [6, 6.07) is 5.93. The number of hydrogen-bond acceptors (Lipinski definition) is 2. The summed E-state index contributed by atoms with van der Waals surface area (Å²) in [7, 11) is 0. The third-order valence-electron chi connectivity index (χ3n) is 2.79. The largest absolute Gasteiger partial charge is 0.380 e. The van der Waals surface area contributed by atoms with Crippen molar-refractivity contribution in [1.29, 1.82) is 0 Å². The van der Waals surface area contributed by atoms with Gasteiger partial charge in [0.1, 0.15) is 0 Å². The number of nitrogens with one attached hydrogen (secondary N) is 2. The Kier molecular flexibility index (Phi) is 2.69. The van der Waals surface area contributed by atoms with Crippen LogP contribution < -0.4 is 10.6 Å². The maximum Gasteiger partial charge on any atom is 0.229 e. The fourth-order valence-electron chi connectivity index (χ4n) is 1.59. The van der Waals surface area contributed by atoms with Gasteiger partial charge in [-0.3, -0.25) is 4.79 Å². The van der Waals surface area contributed by atoms with Gasteiger partial charge in [-0.1, -0.05) is 22.9 Å². The summed E-state index contributed by atoms with van der Waals surface area (Å²) in [5, 5.41) is 6.24. The molecular weight excluding hydrogens is 256 g/mol. The van der Waals surface area contributed by atoms with E-state index in [1.54, 1.807) is 0 Å². The molecule has 1 aliphatic rings. The molecule has 0 radical (unpaired) electrons. The summed E-state index contributed by atoms with van der Waals surface area (Å²) in [6.07, 6.45) is 0. The minimum atomic E-state index is -0.0313. The molecule has 1 heterocycles. The van der Waals surface area contributed by atoms with E-state index < -0.39 is 0 Å². The molecule has 80 valence electrons. The highest BCUT2D eigenvalue weighted by molar-refractivity contribution is 9.10. The number of halogens is 1. The first-order valence-electron chi connectivity index (χ1n) is 4.95. The molecule has 0 spiro atoms. The molecule has 1 amide bonds. The Morgan fingerprint density at radius 1 is 1.27 bits per heavy atom. The molecule has 1 aromatic carbocycles. The summed E-state index contributed by atoms with van der Waals surface area (Å²) in [5.74, 6) is 0.0345. The Morgan fingerprint density at radius 3 is 2.73 bits per heavy atom. The van der Waals surface area contributed by atoms with E-state index in [0.29, 0.717) is 0 Å². The molecule has 0 aromatic heterocycles. The van der Waals surface area contributed by atoms with Gasteiger partial charge in [-0.2, -0.15) is 0 Å². The van der Waals surface area contributed by atoms with Crippen molar-refractivity contribution in [2.24, 2.45) is 5.92 Å². The molecule has 2 atom stereocenters. The zero-order chi connectivity index (χ0) is 11.0. The first-order valence-corrected chi connectivity index (χ1v) is 5.74. The van der Waals surface area contributed by atoms with Crippen LogP contribution in [0.1, 0.15) is 13.8 Å². The normalized spacial score (nSPS) is 24.9. The van der Waals surface area contributed by atoms with Crippen molar-refractivity contribution < 1.29 is 4.79 Å². The van der Waals surface area contributed by atoms with E-state index in [2.05, 4.69) is 26.6 Å². The summed E-state index contributed by atoms with van der Waals surface area (Å²) in [4.78, 5) is 11.7. The Morgan fingerprint density at radius 2 is 2.00 bits per heavy atom. The van der Waals surface area contributed by atoms with Crippen LogP contribution in [0.5, 0.6) is 0 Å². The van der Waals surface area contributed by atoms with Gasteiger partial charge in [-0.15, -0.1) is 0 Å². The number of fused-ring (bicyclic) bond motifs is 1. The highest BCUT2D eigenvalue weighted by Crippen LogP contribution is 2.30. The third-order valence-corrected chi connectivity index (χ3v) is 3.28. The van der Waals surface area contributed by atoms with Crippen molar-refractivity contribution in [3.8, 4) is 0 Å². The van der Waals surface area contributed by atoms with Crippen LogP contribution in [-0.4, -0.2) is 11.9 Å². The number of rotatable bonds is 0. The molecule has 3 nitrogen and oxygen atoms in total. The number of carbonyl (C=O) groups excluding carboxylic acids is 1. The van der Waals surface area contributed by atoms with E-state index in [1.165, 1.54) is 0 Å². The standard InChI is InChI=1S/C11H13BrN2O/c1-6-7(2)13-10-5-8(12)3-4-9(10)14-11(6)15/h3-7,13H,1-2H3,(H,14,15). The molecule has 0 saturated carbocycles. The summed E-state index contributed by atoms with van der Waals surface area (Å²) < 4.78 is 1.00. The second-order valence-electron chi connectivity index (χ2n) is 3.90. The van der Waals surface area contributed by atoms with Crippen LogP contribution in [0.2, 0.25) is 0 Å². The fourth-order valence-corrected chi connectivity index (χ4v) is 1.95. The van der Waals surface area contributed by atoms with Crippen LogP contribution in [0.3, 0.4) is 0 Å². The Balaban J connectivity index is 2.42. The summed E-state index contributed by atoms with van der Waals surface area (Å²) >= 11 is 3.41. The zero-order valence-corrected chi connectivity index (χ0v) is 10.3. The van der Waals surface area contributed by atoms with Crippen molar-refractivity contribution in [2.75, 3.05) is 10.6 Å². The Hall–Kier alpha value is -1.03. The Labute approximate surface area is 97.4 Å². The van der Waals surface area contributed by atoms with Gasteiger partial charge < -0.3 is 10.6 Å². The zero-order valence-electron chi connectivity index (χ0n) is 8.67. The van der Waals surface area contributed by atoms with Gasteiger partial charge in [0.15, 0.2) is 0 Å². The predicted molar refractivity (Wildman–Crippen MR) is 65.0 cm³/mol. The molecule has 2 N–H and O–H groups in total. The van der Waals surface area contributed by atoms with Crippen molar-refractivity contribution in [2.45, 2.75) is 19.9 Å². The minimum Gasteiger partial charge on any atom is -0.380 e. The lowest BCUT2D eigenvalue weighted by Gasteiger charge is -2.16. The molecule has 4 heteroatoms. The van der Waals surface area contributed by atoms with Gasteiger partial charge in [-0.25, -0.2) is 0 Å². The molecule has 1 aromatic rings. The quantitative estimate of drug-likeness (QED) is 0.760. The highest BCUT2D eigenvalue weighted by atomic mass is 79.9. The average molecular weight is 269 g/mol. The molecule has 1 aliphatic heterocycles. The minimum absolute atomic E-state index is 0.0313. The maximum atomic E-state index is 11.7. The second kappa shape index (κ2) is 3.85. The summed E-state index contributed by atoms with van der Waals surface area (Å²) in [6.45, 7) is 3.94. The van der Waals surface area contributed by atoms with E-state index in [1.807, 2.05) is 32.0 Å². The van der Waals surface area contributed by atoms with Crippen LogP contribution in [0.15, 0.2) is 22.7 Å². The maximum absolute atomic E-state index is 11.7. The summed E-state index contributed by atoms with van der Waals surface area (Å²) in [5.41, 5.74) is 1.81. The molecule has 2 unspecified atom stereocenters. The SMILES string of the molecule is CC1Nc2cc(Br)ccc2NC(=O)C1C. The first kappa shape index (κ1) is 10.5. The molecule has 0 fully saturated rings. The van der Waals surface area contributed by atoms with Crippen molar-refractivity contribution in [1.82, 2.24) is 0 Å². The fraction of sp³-hybridized carbons (Fsp3) is 0.364. The van der Waals surface area contributed by atoms with Gasteiger partial charge in [0.25, 0.3) is 0 Å². The van der Waals surface area contributed by atoms with Crippen LogP contribution in [-0.2, 0) is 4.79 Å². The van der Waals surface area contributed by atoms with Crippen molar-refractivity contribution >= 4 is 33.2 Å². The lowest BCUT2D eigenvalue weighted by molar-refractivity contribution is -0.119. The van der Waals surface area contributed by atoms with Crippen molar-refractivity contribution in [3.05, 3.63) is 22.7 Å². The average Bonchev–Trinajstić information content (AvgIpc) is 2.29. The lowest BCUT2D eigenvalue weighted by atomic mass is 10.0. The molecular formula is C11H13BrN2O. The highest BCUT2D eigenvalue weighted by Gasteiger charge is 2.25. The molecule has 0 bridgehead atoms. The van der Waals surface area contributed by atoms with Gasteiger partial charge in [0, 0.05) is 10.5 Å². The molecule has 0 aliphatic carbocycles. The van der Waals surface area contributed by atoms with E-state index in [-0.39, 0.29) is 17.9 Å². The van der Waals surface area contributed by atoms with Gasteiger partial charge in [0.2, 0.25) is 5.91 Å². The predicted octanol–water partition coefficient (Wildman–Crippen LogP) is 2.84. The van der Waals surface area contributed by atoms with Crippen molar-refractivity contribution in [3.63, 3.8) is 0 Å². The smallest absolute Gasteiger partial charge is 0.229 e. The Bertz CT molecular complexity index is 406. The lowest BCUT2D eigenvalue weighted by Crippen LogP contribution is -2.30. The van der Waals surface area contributed by atoms with E-state index in [9.17, 15) is 4.79 Å². The van der Waals surface area contributed by atoms with Crippen LogP contribution in [0.4, 0.5) is 11.4 Å². The number of carbonyl (C=O) groups is 1. The second-order valence-corrected chi connectivity index (χ2v) is 4.82. The van der Waals surface area contributed by atoms with E-state index >= 15 is 0 Å². The molecule has 2 rings (SSSR count). The number of anilines is 2. The first-order chi connectivity index (χ1) is 7.08.